The van der Waals surface area contributed by atoms with Crippen LogP contribution in [0.25, 0.3) is 11.0 Å². The van der Waals surface area contributed by atoms with Crippen LogP contribution >= 0.6 is 0 Å². The lowest BCUT2D eigenvalue weighted by Gasteiger charge is -2.07. The largest absolute Gasteiger partial charge is 0.461 e. The summed E-state index contributed by atoms with van der Waals surface area (Å²) in [5.74, 6) is 1.59. The van der Waals surface area contributed by atoms with Crippen molar-refractivity contribution in [2.75, 3.05) is 6.54 Å². The van der Waals surface area contributed by atoms with Gasteiger partial charge in [-0.25, -0.2) is 0 Å². The van der Waals surface area contributed by atoms with Gasteiger partial charge in [0.05, 0.1) is 0 Å². The number of nitrogens with two attached hydrogens (primary N) is 1. The summed E-state index contributed by atoms with van der Waals surface area (Å²) in [5.41, 5.74) is 7.97. The van der Waals surface area contributed by atoms with E-state index >= 15 is 0 Å². The van der Waals surface area contributed by atoms with Crippen molar-refractivity contribution in [2.45, 2.75) is 40.5 Å². The number of aryl methyl sites for hydroxylation is 1. The number of rotatable bonds is 4. The average Bonchev–Trinajstić information content (AvgIpc) is 2.83. The number of furan rings is 1. The molecule has 0 radical (unpaired) electrons. The minimum atomic E-state index is 0.537. The second-order valence-corrected chi connectivity index (χ2v) is 4.48. The summed E-state index contributed by atoms with van der Waals surface area (Å²) >= 11 is 0. The summed E-state index contributed by atoms with van der Waals surface area (Å²) in [7, 11) is 0. The molecular weight excluding hydrogens is 222 g/mol. The molecule has 1 unspecified atom stereocenters. The number of hydrogen-bond acceptors (Lipinski definition) is 2. The van der Waals surface area contributed by atoms with E-state index in [1.54, 1.807) is 0 Å². The van der Waals surface area contributed by atoms with E-state index < -0.39 is 0 Å². The Bertz CT molecular complexity index is 473. The highest BCUT2D eigenvalue weighted by Gasteiger charge is 2.05. The lowest BCUT2D eigenvalue weighted by molar-refractivity contribution is 0.556. The van der Waals surface area contributed by atoms with Crippen molar-refractivity contribution in [1.82, 2.24) is 0 Å². The van der Waals surface area contributed by atoms with E-state index in [2.05, 4.69) is 38.1 Å². The third-order valence-electron chi connectivity index (χ3n) is 2.97. The van der Waals surface area contributed by atoms with Gasteiger partial charge in [0.25, 0.3) is 0 Å². The van der Waals surface area contributed by atoms with E-state index in [-0.39, 0.29) is 0 Å². The van der Waals surface area contributed by atoms with Gasteiger partial charge >= 0.3 is 0 Å². The van der Waals surface area contributed by atoms with Crippen molar-refractivity contribution in [3.63, 3.8) is 0 Å². The normalized spacial score (nSPS) is 12.1. The predicted octanol–water partition coefficient (Wildman–Crippen LogP) is 4.16. The Balaban J connectivity index is 0.000000771. The quantitative estimate of drug-likeness (QED) is 0.881. The van der Waals surface area contributed by atoms with E-state index in [0.717, 1.165) is 30.7 Å². The molecule has 1 aromatic heterocycles. The molecule has 0 saturated carbocycles. The van der Waals surface area contributed by atoms with Crippen molar-refractivity contribution in [3.05, 3.63) is 35.6 Å². The van der Waals surface area contributed by atoms with Gasteiger partial charge < -0.3 is 10.2 Å². The van der Waals surface area contributed by atoms with Crippen molar-refractivity contribution in [1.29, 1.82) is 0 Å². The monoisotopic (exact) mass is 247 g/mol. The first-order valence-electron chi connectivity index (χ1n) is 6.94. The lowest BCUT2D eigenvalue weighted by atomic mass is 10.0. The fourth-order valence-corrected chi connectivity index (χ4v) is 1.93. The Labute approximate surface area is 110 Å². The van der Waals surface area contributed by atoms with Crippen LogP contribution in [0.1, 0.15) is 39.0 Å². The Morgan fingerprint density at radius 1 is 1.22 bits per heavy atom. The third kappa shape index (κ3) is 3.61. The molecule has 0 aliphatic rings. The van der Waals surface area contributed by atoms with Gasteiger partial charge in [-0.3, -0.25) is 0 Å². The SMILES string of the molecule is CC.CCc1cc2cc(CC(C)CN)ccc2o1. The summed E-state index contributed by atoms with van der Waals surface area (Å²) in [4.78, 5) is 0. The van der Waals surface area contributed by atoms with Crippen LogP contribution in [-0.4, -0.2) is 6.54 Å². The Kier molecular flexibility index (Phi) is 5.93. The molecule has 0 aliphatic heterocycles. The molecule has 2 heteroatoms. The highest BCUT2D eigenvalue weighted by Crippen LogP contribution is 2.22. The van der Waals surface area contributed by atoms with E-state index in [4.69, 9.17) is 10.2 Å². The maximum absolute atomic E-state index is 5.68. The van der Waals surface area contributed by atoms with Gasteiger partial charge in [0, 0.05) is 11.8 Å². The lowest BCUT2D eigenvalue weighted by Crippen LogP contribution is -2.12. The van der Waals surface area contributed by atoms with Crippen LogP contribution in [0.3, 0.4) is 0 Å². The molecule has 2 N–H and O–H groups in total. The first kappa shape index (κ1) is 14.8. The predicted molar refractivity (Wildman–Crippen MR) is 78.9 cm³/mol. The summed E-state index contributed by atoms with van der Waals surface area (Å²) in [6, 6.07) is 8.54. The van der Waals surface area contributed by atoms with Crippen LogP contribution in [0.5, 0.6) is 0 Å². The summed E-state index contributed by atoms with van der Waals surface area (Å²) < 4.78 is 5.68. The standard InChI is InChI=1S/C14H19NO.C2H6/c1-3-13-8-12-7-11(6-10(2)9-15)4-5-14(12)16-13;1-2/h4-5,7-8,10H,3,6,9,15H2,1-2H3;1-2H3. The molecule has 100 valence electrons. The zero-order valence-electron chi connectivity index (χ0n) is 12.0. The Morgan fingerprint density at radius 3 is 2.56 bits per heavy atom. The van der Waals surface area contributed by atoms with Crippen molar-refractivity contribution >= 4 is 11.0 Å². The zero-order chi connectivity index (χ0) is 13.5. The summed E-state index contributed by atoms with van der Waals surface area (Å²) in [6.07, 6.45) is 1.99. The fourth-order valence-electron chi connectivity index (χ4n) is 1.93. The molecular formula is C16H25NO. The molecule has 0 bridgehead atoms. The molecule has 2 nitrogen and oxygen atoms in total. The van der Waals surface area contributed by atoms with Gasteiger partial charge in [-0.05, 0) is 42.6 Å². The van der Waals surface area contributed by atoms with Gasteiger partial charge in [-0.1, -0.05) is 33.8 Å². The number of hydrogen-bond donors (Lipinski definition) is 1. The summed E-state index contributed by atoms with van der Waals surface area (Å²) in [6.45, 7) is 9.02. The molecule has 1 heterocycles. The van der Waals surface area contributed by atoms with E-state index in [1.807, 2.05) is 13.8 Å². The molecule has 0 spiro atoms. The maximum atomic E-state index is 5.68. The van der Waals surface area contributed by atoms with E-state index in [0.29, 0.717) is 5.92 Å². The van der Waals surface area contributed by atoms with Gasteiger partial charge in [0.15, 0.2) is 0 Å². The molecule has 1 aromatic carbocycles. The van der Waals surface area contributed by atoms with Gasteiger partial charge in [0.2, 0.25) is 0 Å². The first-order valence-corrected chi connectivity index (χ1v) is 6.94. The molecule has 2 aromatic rings. The molecule has 0 aliphatic carbocycles. The van der Waals surface area contributed by atoms with Gasteiger partial charge in [0.1, 0.15) is 11.3 Å². The van der Waals surface area contributed by atoms with Crippen LogP contribution in [0.15, 0.2) is 28.7 Å². The second kappa shape index (κ2) is 7.22. The van der Waals surface area contributed by atoms with Crippen molar-refractivity contribution in [2.24, 2.45) is 11.7 Å². The third-order valence-corrected chi connectivity index (χ3v) is 2.97. The number of fused-ring (bicyclic) bond motifs is 1. The van der Waals surface area contributed by atoms with Crippen molar-refractivity contribution in [3.8, 4) is 0 Å². The molecule has 18 heavy (non-hydrogen) atoms. The summed E-state index contributed by atoms with van der Waals surface area (Å²) in [5, 5.41) is 1.21. The van der Waals surface area contributed by atoms with E-state index in [9.17, 15) is 0 Å². The van der Waals surface area contributed by atoms with Crippen LogP contribution in [0, 0.1) is 5.92 Å². The molecule has 1 atom stereocenters. The average molecular weight is 247 g/mol. The Morgan fingerprint density at radius 2 is 1.94 bits per heavy atom. The fraction of sp³-hybridized carbons (Fsp3) is 0.500. The van der Waals surface area contributed by atoms with Gasteiger partial charge in [-0.15, -0.1) is 0 Å². The molecule has 0 saturated heterocycles. The van der Waals surface area contributed by atoms with Crippen LogP contribution in [0.4, 0.5) is 0 Å². The van der Waals surface area contributed by atoms with Crippen molar-refractivity contribution < 1.29 is 4.42 Å². The molecule has 2 rings (SSSR count). The van der Waals surface area contributed by atoms with E-state index in [1.165, 1.54) is 10.9 Å². The first-order chi connectivity index (χ1) is 8.72. The molecule has 0 fully saturated rings. The maximum Gasteiger partial charge on any atom is 0.134 e. The Hall–Kier alpha value is -1.28. The second-order valence-electron chi connectivity index (χ2n) is 4.48. The molecule has 0 amide bonds. The van der Waals surface area contributed by atoms with Crippen LogP contribution in [0.2, 0.25) is 0 Å². The highest BCUT2D eigenvalue weighted by atomic mass is 16.3. The van der Waals surface area contributed by atoms with Crippen LogP contribution in [-0.2, 0) is 12.8 Å². The van der Waals surface area contributed by atoms with Crippen LogP contribution < -0.4 is 5.73 Å². The smallest absolute Gasteiger partial charge is 0.134 e. The van der Waals surface area contributed by atoms with Gasteiger partial charge in [-0.2, -0.15) is 0 Å². The number of benzene rings is 1. The minimum absolute atomic E-state index is 0.537. The minimum Gasteiger partial charge on any atom is -0.461 e. The zero-order valence-corrected chi connectivity index (χ0v) is 12.0. The highest BCUT2D eigenvalue weighted by molar-refractivity contribution is 5.78. The topological polar surface area (TPSA) is 39.2 Å².